The third kappa shape index (κ3) is 5.30. The van der Waals surface area contributed by atoms with Crippen molar-refractivity contribution in [2.24, 2.45) is 5.73 Å². The standard InChI is InChI=1S/C11H15NO.CH4O/c1-9-6-7-10(8-13)4-2-3-5-11(9)12;1-2/h2,4,6-8,11H,3,5,12H2,1H3;2H,1H3/b4-2+,9-6+,10-7+;. The van der Waals surface area contributed by atoms with Crippen LogP contribution in [-0.2, 0) is 4.79 Å². The van der Waals surface area contributed by atoms with E-state index in [9.17, 15) is 4.79 Å². The lowest BCUT2D eigenvalue weighted by Gasteiger charge is -2.09. The lowest BCUT2D eigenvalue weighted by atomic mass is 10.0. The number of aldehydes is 1. The molecule has 15 heavy (non-hydrogen) atoms. The molecule has 0 saturated heterocycles. The molecular weight excluding hydrogens is 190 g/mol. The van der Waals surface area contributed by atoms with Gasteiger partial charge in [-0.15, -0.1) is 0 Å². The molecule has 1 atom stereocenters. The minimum atomic E-state index is 0.118. The highest BCUT2D eigenvalue weighted by molar-refractivity contribution is 5.78. The van der Waals surface area contributed by atoms with Crippen molar-refractivity contribution in [2.45, 2.75) is 25.8 Å². The summed E-state index contributed by atoms with van der Waals surface area (Å²) in [5.41, 5.74) is 7.71. The van der Waals surface area contributed by atoms with Gasteiger partial charge in [0.2, 0.25) is 0 Å². The third-order valence-electron chi connectivity index (χ3n) is 2.21. The van der Waals surface area contributed by atoms with Crippen LogP contribution >= 0.6 is 0 Å². The highest BCUT2D eigenvalue weighted by Crippen LogP contribution is 2.10. The normalized spacial score (nSPS) is 30.0. The average Bonchev–Trinajstić information content (AvgIpc) is 2.36. The summed E-state index contributed by atoms with van der Waals surface area (Å²) in [5.74, 6) is 0. The number of carbonyl (C=O) groups is 1. The minimum Gasteiger partial charge on any atom is -0.400 e. The molecule has 3 nitrogen and oxygen atoms in total. The Bertz CT molecular complexity index is 277. The van der Waals surface area contributed by atoms with Crippen molar-refractivity contribution in [1.29, 1.82) is 0 Å². The maximum absolute atomic E-state index is 10.5. The Balaban J connectivity index is 0.000000921. The van der Waals surface area contributed by atoms with Crippen molar-refractivity contribution in [3.63, 3.8) is 0 Å². The molecule has 1 rings (SSSR count). The minimum absolute atomic E-state index is 0.118. The van der Waals surface area contributed by atoms with E-state index in [0.717, 1.165) is 31.8 Å². The van der Waals surface area contributed by atoms with Crippen LogP contribution in [0.4, 0.5) is 0 Å². The summed E-state index contributed by atoms with van der Waals surface area (Å²) in [6.07, 6.45) is 10.3. The average molecular weight is 209 g/mol. The number of nitrogens with two attached hydrogens (primary N) is 1. The molecule has 0 bridgehead atoms. The fraction of sp³-hybridized carbons (Fsp3) is 0.417. The Labute approximate surface area is 91.0 Å². The van der Waals surface area contributed by atoms with Crippen LogP contribution in [0.1, 0.15) is 19.8 Å². The highest BCUT2D eigenvalue weighted by Gasteiger charge is 2.03. The number of rotatable bonds is 1. The summed E-state index contributed by atoms with van der Waals surface area (Å²) in [7, 11) is 1.00. The predicted molar refractivity (Wildman–Crippen MR) is 62.4 cm³/mol. The summed E-state index contributed by atoms with van der Waals surface area (Å²) in [5, 5.41) is 7.00. The first kappa shape index (κ1) is 13.8. The predicted octanol–water partition coefficient (Wildman–Crippen LogP) is 1.34. The monoisotopic (exact) mass is 209 g/mol. The first-order chi connectivity index (χ1) is 7.24. The Morgan fingerprint density at radius 1 is 1.47 bits per heavy atom. The molecule has 84 valence electrons. The SMILES string of the molecule is CO.C\C1=C/C=C(C=O)\C=C\CCC1N. The molecule has 0 aromatic carbocycles. The molecule has 0 aromatic rings. The molecule has 0 spiro atoms. The molecule has 1 aliphatic carbocycles. The zero-order chi connectivity index (χ0) is 11.7. The second-order valence-corrected chi connectivity index (χ2v) is 3.28. The molecule has 0 radical (unpaired) electrons. The summed E-state index contributed by atoms with van der Waals surface area (Å²) in [6.45, 7) is 1.99. The van der Waals surface area contributed by atoms with E-state index < -0.39 is 0 Å². The molecule has 3 heteroatoms. The van der Waals surface area contributed by atoms with Gasteiger partial charge in [0.05, 0.1) is 0 Å². The molecule has 0 heterocycles. The lowest BCUT2D eigenvalue weighted by Crippen LogP contribution is -2.20. The van der Waals surface area contributed by atoms with Gasteiger partial charge >= 0.3 is 0 Å². The van der Waals surface area contributed by atoms with Crippen LogP contribution in [0, 0.1) is 0 Å². The summed E-state index contributed by atoms with van der Waals surface area (Å²) in [4.78, 5) is 10.5. The summed E-state index contributed by atoms with van der Waals surface area (Å²) < 4.78 is 0. The fourth-order valence-electron chi connectivity index (χ4n) is 1.21. The lowest BCUT2D eigenvalue weighted by molar-refractivity contribution is -0.104. The smallest absolute Gasteiger partial charge is 0.150 e. The van der Waals surface area contributed by atoms with Crippen LogP contribution in [-0.4, -0.2) is 24.5 Å². The highest BCUT2D eigenvalue weighted by atomic mass is 16.2. The third-order valence-corrected chi connectivity index (χ3v) is 2.21. The van der Waals surface area contributed by atoms with E-state index in [1.807, 2.05) is 31.2 Å². The van der Waals surface area contributed by atoms with E-state index in [4.69, 9.17) is 10.8 Å². The van der Waals surface area contributed by atoms with Crippen LogP contribution in [0.3, 0.4) is 0 Å². The van der Waals surface area contributed by atoms with Crippen molar-refractivity contribution in [3.05, 3.63) is 35.5 Å². The molecule has 0 amide bonds. The van der Waals surface area contributed by atoms with Gasteiger partial charge in [0.25, 0.3) is 0 Å². The quantitative estimate of drug-likeness (QED) is 0.641. The van der Waals surface area contributed by atoms with E-state index in [0.29, 0.717) is 5.57 Å². The molecule has 0 fully saturated rings. The second-order valence-electron chi connectivity index (χ2n) is 3.28. The molecule has 1 aliphatic rings. The maximum atomic E-state index is 10.5. The van der Waals surface area contributed by atoms with Gasteiger partial charge in [-0.05, 0) is 19.8 Å². The second kappa shape index (κ2) is 8.15. The first-order valence-electron chi connectivity index (χ1n) is 4.94. The summed E-state index contributed by atoms with van der Waals surface area (Å²) >= 11 is 0. The Kier molecular flexibility index (Phi) is 7.50. The molecular formula is C12H19NO2. The molecule has 3 N–H and O–H groups in total. The van der Waals surface area contributed by atoms with Crippen LogP contribution in [0.5, 0.6) is 0 Å². The Morgan fingerprint density at radius 3 is 2.73 bits per heavy atom. The topological polar surface area (TPSA) is 63.3 Å². The van der Waals surface area contributed by atoms with Gasteiger partial charge in [0, 0.05) is 18.7 Å². The van der Waals surface area contributed by atoms with E-state index in [2.05, 4.69) is 0 Å². The Morgan fingerprint density at radius 2 is 2.13 bits per heavy atom. The van der Waals surface area contributed by atoms with Gasteiger partial charge in [-0.25, -0.2) is 0 Å². The zero-order valence-corrected chi connectivity index (χ0v) is 9.31. The molecule has 0 aliphatic heterocycles. The van der Waals surface area contributed by atoms with Gasteiger partial charge in [-0.1, -0.05) is 29.9 Å². The van der Waals surface area contributed by atoms with E-state index in [1.165, 1.54) is 0 Å². The van der Waals surface area contributed by atoms with Gasteiger partial charge in [-0.3, -0.25) is 4.79 Å². The van der Waals surface area contributed by atoms with Gasteiger partial charge in [0.1, 0.15) is 6.29 Å². The van der Waals surface area contributed by atoms with Crippen molar-refractivity contribution in [2.75, 3.05) is 7.11 Å². The molecule has 1 unspecified atom stereocenters. The number of aliphatic hydroxyl groups excluding tert-OH is 1. The Hall–Kier alpha value is -1.19. The van der Waals surface area contributed by atoms with Gasteiger partial charge in [0.15, 0.2) is 0 Å². The summed E-state index contributed by atoms with van der Waals surface area (Å²) in [6, 6.07) is 0.118. The van der Waals surface area contributed by atoms with Crippen LogP contribution in [0.15, 0.2) is 35.5 Å². The van der Waals surface area contributed by atoms with Crippen LogP contribution in [0.2, 0.25) is 0 Å². The first-order valence-corrected chi connectivity index (χ1v) is 4.94. The van der Waals surface area contributed by atoms with E-state index >= 15 is 0 Å². The van der Waals surface area contributed by atoms with Crippen LogP contribution < -0.4 is 5.73 Å². The van der Waals surface area contributed by atoms with Gasteiger partial charge in [-0.2, -0.15) is 0 Å². The number of carbonyl (C=O) groups excluding carboxylic acids is 1. The van der Waals surface area contributed by atoms with E-state index in [-0.39, 0.29) is 6.04 Å². The van der Waals surface area contributed by atoms with E-state index in [1.54, 1.807) is 0 Å². The molecule has 0 aromatic heterocycles. The number of allylic oxidation sites excluding steroid dienone is 5. The van der Waals surface area contributed by atoms with Gasteiger partial charge < -0.3 is 10.8 Å². The van der Waals surface area contributed by atoms with Crippen LogP contribution in [0.25, 0.3) is 0 Å². The molecule has 0 saturated carbocycles. The fourth-order valence-corrected chi connectivity index (χ4v) is 1.21. The number of hydrogen-bond donors (Lipinski definition) is 2. The maximum Gasteiger partial charge on any atom is 0.150 e. The van der Waals surface area contributed by atoms with Crippen molar-refractivity contribution in [1.82, 2.24) is 0 Å². The van der Waals surface area contributed by atoms with Crippen molar-refractivity contribution in [3.8, 4) is 0 Å². The zero-order valence-electron chi connectivity index (χ0n) is 9.31. The van der Waals surface area contributed by atoms with Crippen molar-refractivity contribution < 1.29 is 9.90 Å². The largest absolute Gasteiger partial charge is 0.400 e. The number of hydrogen-bond acceptors (Lipinski definition) is 3. The number of aliphatic hydroxyl groups is 1. The van der Waals surface area contributed by atoms with Crippen molar-refractivity contribution >= 4 is 6.29 Å².